The molecular formula is C30H25ClN6O3. The second kappa shape index (κ2) is 8.93. The number of fused-ring (bicyclic) bond motifs is 4. The number of hydrogen-bond donors (Lipinski definition) is 1. The number of halogens is 1. The summed E-state index contributed by atoms with van der Waals surface area (Å²) in [5, 5.41) is 3.49. The molecule has 0 aliphatic carbocycles. The van der Waals surface area contributed by atoms with Crippen LogP contribution in [0.25, 0.3) is 16.2 Å². The van der Waals surface area contributed by atoms with E-state index in [1.165, 1.54) is 24.3 Å². The second-order valence-electron chi connectivity index (χ2n) is 10.2. The maximum atomic E-state index is 14.5. The first kappa shape index (κ1) is 25.6. The fourth-order valence-electron chi connectivity index (χ4n) is 5.79. The molecule has 10 heteroatoms. The maximum absolute atomic E-state index is 14.5. The number of nitrogens with zero attached hydrogens (tertiary/aromatic N) is 5. The summed E-state index contributed by atoms with van der Waals surface area (Å²) in [5.41, 5.74) is 3.14. The van der Waals surface area contributed by atoms with Gasteiger partial charge in [0.25, 0.3) is 17.6 Å². The number of carbonyl (C=O) groups is 2. The molecule has 1 spiro atoms. The minimum Gasteiger partial charge on any atom is -0.497 e. The fraction of sp³-hybridized carbons (Fsp3) is 0.233. The van der Waals surface area contributed by atoms with Crippen molar-refractivity contribution in [2.75, 3.05) is 17.3 Å². The lowest BCUT2D eigenvalue weighted by Gasteiger charge is -2.36. The van der Waals surface area contributed by atoms with Crippen LogP contribution in [0.2, 0.25) is 5.02 Å². The summed E-state index contributed by atoms with van der Waals surface area (Å²) < 4.78 is 7.51. The molecule has 4 heterocycles. The Labute approximate surface area is 236 Å². The van der Waals surface area contributed by atoms with Gasteiger partial charge in [0.05, 0.1) is 24.1 Å². The molecule has 200 valence electrons. The molecule has 2 aromatic heterocycles. The van der Waals surface area contributed by atoms with Gasteiger partial charge in [-0.2, -0.15) is 0 Å². The smallest absolute Gasteiger partial charge is 0.280 e. The summed E-state index contributed by atoms with van der Waals surface area (Å²) in [6.07, 6.45) is 1.52. The molecule has 2 aromatic carbocycles. The number of ether oxygens (including phenoxy) is 1. The molecule has 9 nitrogen and oxygen atoms in total. The number of carbonyl (C=O) groups excluding carboxylic acids is 2. The zero-order valence-electron chi connectivity index (χ0n) is 22.5. The molecule has 2 aliphatic rings. The van der Waals surface area contributed by atoms with Crippen LogP contribution < -0.4 is 15.0 Å². The molecular weight excluding hydrogens is 528 g/mol. The minimum atomic E-state index is -1.54. The average molecular weight is 553 g/mol. The van der Waals surface area contributed by atoms with Crippen LogP contribution in [0.1, 0.15) is 52.8 Å². The lowest BCUT2D eigenvalue weighted by Crippen LogP contribution is -2.51. The summed E-state index contributed by atoms with van der Waals surface area (Å²) in [5.74, 6) is 0.202. The Morgan fingerprint density at radius 1 is 1.12 bits per heavy atom. The highest BCUT2D eigenvalue weighted by Crippen LogP contribution is 2.55. The number of rotatable bonds is 4. The molecule has 1 N–H and O–H groups in total. The third-order valence-electron chi connectivity index (χ3n) is 7.49. The van der Waals surface area contributed by atoms with Gasteiger partial charge in [-0.25, -0.2) is 4.98 Å². The Morgan fingerprint density at radius 3 is 2.60 bits per heavy atom. The predicted octanol–water partition coefficient (Wildman–Crippen LogP) is 6.21. The number of methoxy groups -OCH3 is 1. The van der Waals surface area contributed by atoms with E-state index in [0.717, 1.165) is 11.1 Å². The zero-order valence-corrected chi connectivity index (χ0v) is 23.3. The van der Waals surface area contributed by atoms with E-state index in [1.54, 1.807) is 12.1 Å². The Kier molecular flexibility index (Phi) is 5.71. The Hall–Kier alpha value is -4.68. The predicted molar refractivity (Wildman–Crippen MR) is 152 cm³/mol. The van der Waals surface area contributed by atoms with E-state index in [0.29, 0.717) is 44.8 Å². The number of aryl methyl sites for hydroxylation is 2. The molecule has 1 atom stereocenters. The van der Waals surface area contributed by atoms with Crippen LogP contribution in [0.3, 0.4) is 0 Å². The standard InChI is InChI=1S/C30H25ClN6O3/c1-15(2)36-26-25(35-27(36)19-14-33-24(32-5)13-23(19)40-6)28(38)37(22-12-18(31)9-8-17(22)4)30(26)20-10-7-16(3)11-21(20)34-29(30)39/h7-15H,1-4,6H3,(H,34,39). The van der Waals surface area contributed by atoms with Crippen LogP contribution in [0.4, 0.5) is 17.2 Å². The van der Waals surface area contributed by atoms with E-state index in [2.05, 4.69) is 15.1 Å². The third-order valence-corrected chi connectivity index (χ3v) is 7.73. The molecule has 0 saturated carbocycles. The summed E-state index contributed by atoms with van der Waals surface area (Å²) in [6, 6.07) is 12.3. The van der Waals surface area contributed by atoms with Crippen molar-refractivity contribution in [2.45, 2.75) is 39.3 Å². The van der Waals surface area contributed by atoms with Gasteiger partial charge in [-0.1, -0.05) is 36.4 Å². The van der Waals surface area contributed by atoms with Crippen molar-refractivity contribution in [3.63, 3.8) is 0 Å². The van der Waals surface area contributed by atoms with Crippen molar-refractivity contribution < 1.29 is 14.3 Å². The Morgan fingerprint density at radius 2 is 1.90 bits per heavy atom. The molecule has 6 rings (SSSR count). The van der Waals surface area contributed by atoms with Crippen molar-refractivity contribution >= 4 is 40.6 Å². The van der Waals surface area contributed by atoms with E-state index < -0.39 is 11.4 Å². The number of hydrogen-bond acceptors (Lipinski definition) is 5. The molecule has 2 amide bonds. The largest absolute Gasteiger partial charge is 0.497 e. The van der Waals surface area contributed by atoms with Crippen molar-refractivity contribution in [2.24, 2.45) is 0 Å². The van der Waals surface area contributed by atoms with Gasteiger partial charge in [0.15, 0.2) is 11.2 Å². The molecule has 0 saturated heterocycles. The van der Waals surface area contributed by atoms with E-state index in [1.807, 2.05) is 56.5 Å². The van der Waals surface area contributed by atoms with Crippen LogP contribution in [0, 0.1) is 20.4 Å². The molecule has 40 heavy (non-hydrogen) atoms. The average Bonchev–Trinajstić information content (AvgIpc) is 3.53. The Balaban J connectivity index is 1.73. The highest BCUT2D eigenvalue weighted by atomic mass is 35.5. The van der Waals surface area contributed by atoms with Gasteiger partial charge in [-0.05, 0) is 57.0 Å². The lowest BCUT2D eigenvalue weighted by atomic mass is 9.86. The van der Waals surface area contributed by atoms with Crippen LogP contribution in [0.15, 0.2) is 48.7 Å². The number of amides is 2. The lowest BCUT2D eigenvalue weighted by molar-refractivity contribution is -0.119. The van der Waals surface area contributed by atoms with E-state index in [4.69, 9.17) is 27.9 Å². The molecule has 4 aromatic rings. The highest BCUT2D eigenvalue weighted by molar-refractivity contribution is 6.31. The van der Waals surface area contributed by atoms with Gasteiger partial charge in [0, 0.05) is 28.4 Å². The first-order valence-corrected chi connectivity index (χ1v) is 13.1. The monoisotopic (exact) mass is 552 g/mol. The van der Waals surface area contributed by atoms with Gasteiger partial charge in [0.1, 0.15) is 17.8 Å². The third kappa shape index (κ3) is 3.32. The number of pyridine rings is 1. The summed E-state index contributed by atoms with van der Waals surface area (Å²) in [7, 11) is 1.50. The maximum Gasteiger partial charge on any atom is 0.280 e. The van der Waals surface area contributed by atoms with Gasteiger partial charge < -0.3 is 19.5 Å². The quantitative estimate of drug-likeness (QED) is 0.304. The van der Waals surface area contributed by atoms with Crippen LogP contribution in [-0.4, -0.2) is 33.5 Å². The number of imidazole rings is 1. The van der Waals surface area contributed by atoms with Crippen molar-refractivity contribution in [3.05, 3.63) is 93.2 Å². The second-order valence-corrected chi connectivity index (χ2v) is 10.7. The van der Waals surface area contributed by atoms with Crippen LogP contribution >= 0.6 is 11.6 Å². The van der Waals surface area contributed by atoms with Crippen molar-refractivity contribution in [1.82, 2.24) is 14.5 Å². The summed E-state index contributed by atoms with van der Waals surface area (Å²) in [4.78, 5) is 42.8. The molecule has 1 unspecified atom stereocenters. The SMILES string of the molecule is [C-]#[N+]c1cc(OC)c(-c2nc3c(n2C(C)C)C2(C(=O)Nc4cc(C)ccc42)N(c2cc(Cl)ccc2C)C3=O)cn1. The molecule has 0 radical (unpaired) electrons. The summed E-state index contributed by atoms with van der Waals surface area (Å²) in [6.45, 7) is 15.1. The van der Waals surface area contributed by atoms with E-state index in [-0.39, 0.29) is 23.5 Å². The number of aromatic nitrogens is 3. The topological polar surface area (TPSA) is 93.7 Å². The van der Waals surface area contributed by atoms with E-state index >= 15 is 0 Å². The van der Waals surface area contributed by atoms with Crippen LogP contribution in [0.5, 0.6) is 5.75 Å². The van der Waals surface area contributed by atoms with Gasteiger partial charge in [-0.15, -0.1) is 4.98 Å². The van der Waals surface area contributed by atoms with Gasteiger partial charge in [-0.3, -0.25) is 14.5 Å². The van der Waals surface area contributed by atoms with Crippen LogP contribution in [-0.2, 0) is 10.3 Å². The zero-order chi connectivity index (χ0) is 28.5. The number of anilines is 2. The van der Waals surface area contributed by atoms with Gasteiger partial charge >= 0.3 is 0 Å². The minimum absolute atomic E-state index is 0.156. The first-order valence-electron chi connectivity index (χ1n) is 12.7. The highest BCUT2D eigenvalue weighted by Gasteiger charge is 2.64. The summed E-state index contributed by atoms with van der Waals surface area (Å²) >= 11 is 6.42. The normalized spacial score (nSPS) is 17.3. The molecule has 0 bridgehead atoms. The van der Waals surface area contributed by atoms with Crippen molar-refractivity contribution in [3.8, 4) is 17.1 Å². The first-order chi connectivity index (χ1) is 19.1. The number of nitrogens with one attached hydrogen (secondary N) is 1. The number of benzene rings is 2. The molecule has 0 fully saturated rings. The molecule has 2 aliphatic heterocycles. The van der Waals surface area contributed by atoms with Gasteiger partial charge in [0.2, 0.25) is 0 Å². The Bertz CT molecular complexity index is 1800. The van der Waals surface area contributed by atoms with E-state index in [9.17, 15) is 9.59 Å². The van der Waals surface area contributed by atoms with Crippen molar-refractivity contribution in [1.29, 1.82) is 0 Å². The fourth-order valence-corrected chi connectivity index (χ4v) is 5.96.